The van der Waals surface area contributed by atoms with Crippen molar-refractivity contribution in [1.82, 2.24) is 5.32 Å². The standard InChI is InChI=1S/C19H28N2O.ClH/c20-14-19(12-4-5-13-19)21-18(22)17-10-8-16(9-11-17)15-6-2-1-3-7-15;/h1-3,6-7,16-17H,4-5,8-14,20H2,(H,21,22);1H. The summed E-state index contributed by atoms with van der Waals surface area (Å²) in [5, 5.41) is 3.30. The molecule has 3 N–H and O–H groups in total. The normalized spacial score (nSPS) is 26.3. The van der Waals surface area contributed by atoms with Crippen LogP contribution in [0.5, 0.6) is 0 Å². The lowest BCUT2D eigenvalue weighted by molar-refractivity contribution is -0.127. The molecule has 1 aromatic rings. The quantitative estimate of drug-likeness (QED) is 0.879. The Kier molecular flexibility index (Phi) is 6.49. The van der Waals surface area contributed by atoms with Gasteiger partial charge in [-0.15, -0.1) is 12.4 Å². The number of halogens is 1. The van der Waals surface area contributed by atoms with Crippen LogP contribution in [0.1, 0.15) is 62.8 Å². The smallest absolute Gasteiger partial charge is 0.223 e. The fraction of sp³-hybridized carbons (Fsp3) is 0.632. The summed E-state index contributed by atoms with van der Waals surface area (Å²) in [6.45, 7) is 0.581. The number of carbonyl (C=O) groups is 1. The summed E-state index contributed by atoms with van der Waals surface area (Å²) in [5.41, 5.74) is 7.25. The molecule has 1 aromatic carbocycles. The minimum atomic E-state index is -0.104. The molecule has 2 fully saturated rings. The highest BCUT2D eigenvalue weighted by Gasteiger charge is 2.36. The molecule has 0 heterocycles. The van der Waals surface area contributed by atoms with Crippen molar-refractivity contribution in [3.63, 3.8) is 0 Å². The van der Waals surface area contributed by atoms with Crippen molar-refractivity contribution < 1.29 is 4.79 Å². The van der Waals surface area contributed by atoms with Crippen molar-refractivity contribution in [3.05, 3.63) is 35.9 Å². The van der Waals surface area contributed by atoms with E-state index >= 15 is 0 Å². The fourth-order valence-electron chi connectivity index (χ4n) is 4.21. The number of hydrogen-bond acceptors (Lipinski definition) is 2. The number of nitrogens with two attached hydrogens (primary N) is 1. The second-order valence-electron chi connectivity index (χ2n) is 7.14. The minimum Gasteiger partial charge on any atom is -0.349 e. The van der Waals surface area contributed by atoms with Crippen LogP contribution < -0.4 is 11.1 Å². The van der Waals surface area contributed by atoms with Crippen LogP contribution in [0.2, 0.25) is 0 Å². The third-order valence-corrected chi connectivity index (χ3v) is 5.71. The van der Waals surface area contributed by atoms with Crippen molar-refractivity contribution >= 4 is 18.3 Å². The monoisotopic (exact) mass is 336 g/mol. The van der Waals surface area contributed by atoms with Gasteiger partial charge < -0.3 is 11.1 Å². The zero-order valence-corrected chi connectivity index (χ0v) is 14.6. The average molecular weight is 337 g/mol. The van der Waals surface area contributed by atoms with Crippen molar-refractivity contribution in [1.29, 1.82) is 0 Å². The molecular weight excluding hydrogens is 308 g/mol. The Hall–Kier alpha value is -1.06. The molecule has 0 atom stereocenters. The van der Waals surface area contributed by atoms with Gasteiger partial charge in [-0.3, -0.25) is 4.79 Å². The second-order valence-corrected chi connectivity index (χ2v) is 7.14. The Bertz CT molecular complexity index is 491. The first-order valence-corrected chi connectivity index (χ1v) is 8.79. The number of hydrogen-bond donors (Lipinski definition) is 2. The molecule has 0 aromatic heterocycles. The maximum absolute atomic E-state index is 12.6. The van der Waals surface area contributed by atoms with Crippen LogP contribution in [-0.4, -0.2) is 18.0 Å². The lowest BCUT2D eigenvalue weighted by Crippen LogP contribution is -2.53. The first-order chi connectivity index (χ1) is 10.7. The van der Waals surface area contributed by atoms with E-state index in [1.54, 1.807) is 0 Å². The highest BCUT2D eigenvalue weighted by Crippen LogP contribution is 2.36. The number of nitrogens with one attached hydrogen (secondary N) is 1. The molecule has 2 aliphatic rings. The molecule has 0 spiro atoms. The van der Waals surface area contributed by atoms with Gasteiger partial charge >= 0.3 is 0 Å². The first kappa shape index (κ1) is 18.3. The Morgan fingerprint density at radius 1 is 1.09 bits per heavy atom. The molecule has 1 amide bonds. The number of benzene rings is 1. The van der Waals surface area contributed by atoms with E-state index in [1.165, 1.54) is 18.4 Å². The summed E-state index contributed by atoms with van der Waals surface area (Å²) < 4.78 is 0. The molecule has 128 valence electrons. The van der Waals surface area contributed by atoms with E-state index in [1.807, 2.05) is 0 Å². The summed E-state index contributed by atoms with van der Waals surface area (Å²) in [7, 11) is 0. The van der Waals surface area contributed by atoms with E-state index in [0.717, 1.165) is 38.5 Å². The van der Waals surface area contributed by atoms with Gasteiger partial charge in [0.05, 0.1) is 5.54 Å². The topological polar surface area (TPSA) is 55.1 Å². The molecule has 0 aliphatic heterocycles. The van der Waals surface area contributed by atoms with E-state index in [9.17, 15) is 4.79 Å². The van der Waals surface area contributed by atoms with Crippen LogP contribution in [0.3, 0.4) is 0 Å². The van der Waals surface area contributed by atoms with Crippen LogP contribution in [0.25, 0.3) is 0 Å². The van der Waals surface area contributed by atoms with Crippen molar-refractivity contribution in [3.8, 4) is 0 Å². The highest BCUT2D eigenvalue weighted by molar-refractivity contribution is 5.85. The van der Waals surface area contributed by atoms with Gasteiger partial charge in [-0.2, -0.15) is 0 Å². The van der Waals surface area contributed by atoms with Gasteiger partial charge in [-0.05, 0) is 50.0 Å². The average Bonchev–Trinajstić information content (AvgIpc) is 3.05. The van der Waals surface area contributed by atoms with E-state index < -0.39 is 0 Å². The highest BCUT2D eigenvalue weighted by atomic mass is 35.5. The molecule has 2 saturated carbocycles. The van der Waals surface area contributed by atoms with Crippen molar-refractivity contribution in [2.24, 2.45) is 11.7 Å². The Labute approximate surface area is 145 Å². The Morgan fingerprint density at radius 3 is 2.26 bits per heavy atom. The van der Waals surface area contributed by atoms with E-state index in [-0.39, 0.29) is 29.8 Å². The van der Waals surface area contributed by atoms with Gasteiger partial charge in [-0.1, -0.05) is 43.2 Å². The second kappa shape index (κ2) is 8.16. The van der Waals surface area contributed by atoms with Crippen LogP contribution >= 0.6 is 12.4 Å². The van der Waals surface area contributed by atoms with Gasteiger partial charge in [0, 0.05) is 12.5 Å². The SMILES string of the molecule is Cl.NCC1(NC(=O)C2CCC(c3ccccc3)CC2)CCCC1. The first-order valence-electron chi connectivity index (χ1n) is 8.79. The van der Waals surface area contributed by atoms with Crippen molar-refractivity contribution in [2.45, 2.75) is 62.8 Å². The molecule has 4 heteroatoms. The molecule has 2 aliphatic carbocycles. The third-order valence-electron chi connectivity index (χ3n) is 5.71. The molecule has 0 bridgehead atoms. The molecular formula is C19H29ClN2O. The number of carbonyl (C=O) groups excluding carboxylic acids is 1. The molecule has 23 heavy (non-hydrogen) atoms. The van der Waals surface area contributed by atoms with Gasteiger partial charge in [0.25, 0.3) is 0 Å². The summed E-state index contributed by atoms with van der Waals surface area (Å²) in [5.74, 6) is 1.06. The van der Waals surface area contributed by atoms with Gasteiger partial charge in [0.1, 0.15) is 0 Å². The van der Waals surface area contributed by atoms with Crippen LogP contribution in [0.4, 0.5) is 0 Å². The number of rotatable bonds is 4. The van der Waals surface area contributed by atoms with Crippen LogP contribution in [0.15, 0.2) is 30.3 Å². The van der Waals surface area contributed by atoms with Crippen LogP contribution in [-0.2, 0) is 4.79 Å². The van der Waals surface area contributed by atoms with Gasteiger partial charge in [-0.25, -0.2) is 0 Å². The molecule has 3 nitrogen and oxygen atoms in total. The van der Waals surface area contributed by atoms with Gasteiger partial charge in [0.2, 0.25) is 5.91 Å². The Morgan fingerprint density at radius 2 is 1.70 bits per heavy atom. The van der Waals surface area contributed by atoms with E-state index in [0.29, 0.717) is 12.5 Å². The molecule has 3 rings (SSSR count). The number of amides is 1. The summed E-state index contributed by atoms with van der Waals surface area (Å²) in [4.78, 5) is 12.6. The predicted octanol–water partition coefficient (Wildman–Crippen LogP) is 3.77. The maximum atomic E-state index is 12.6. The predicted molar refractivity (Wildman–Crippen MR) is 96.8 cm³/mol. The third kappa shape index (κ3) is 4.27. The summed E-state index contributed by atoms with van der Waals surface area (Å²) >= 11 is 0. The van der Waals surface area contributed by atoms with Crippen LogP contribution in [0, 0.1) is 5.92 Å². The van der Waals surface area contributed by atoms with Gasteiger partial charge in [0.15, 0.2) is 0 Å². The summed E-state index contributed by atoms with van der Waals surface area (Å²) in [6.07, 6.45) is 8.74. The zero-order chi connectivity index (χ0) is 15.4. The molecule has 0 saturated heterocycles. The fourth-order valence-corrected chi connectivity index (χ4v) is 4.21. The maximum Gasteiger partial charge on any atom is 0.223 e. The summed E-state index contributed by atoms with van der Waals surface area (Å²) in [6, 6.07) is 10.7. The van der Waals surface area contributed by atoms with E-state index in [4.69, 9.17) is 5.73 Å². The molecule has 0 radical (unpaired) electrons. The minimum absolute atomic E-state index is 0. The zero-order valence-electron chi connectivity index (χ0n) is 13.8. The van der Waals surface area contributed by atoms with E-state index in [2.05, 4.69) is 35.6 Å². The molecule has 0 unspecified atom stereocenters. The van der Waals surface area contributed by atoms with Crippen molar-refractivity contribution in [2.75, 3.05) is 6.54 Å². The largest absolute Gasteiger partial charge is 0.349 e. The Balaban J connectivity index is 0.00000192. The lowest BCUT2D eigenvalue weighted by Gasteiger charge is -2.33. The lowest BCUT2D eigenvalue weighted by atomic mass is 9.78.